The van der Waals surface area contributed by atoms with Gasteiger partial charge in [-0.05, 0) is 86.4 Å². The second-order valence-electron chi connectivity index (χ2n) is 7.76. The Bertz CT molecular complexity index is 683. The lowest BCUT2D eigenvalue weighted by Gasteiger charge is -2.33. The first-order valence-corrected chi connectivity index (χ1v) is 9.82. The molecule has 0 radical (unpaired) electrons. The second-order valence-corrected chi connectivity index (χ2v) is 7.76. The zero-order valence-corrected chi connectivity index (χ0v) is 15.9. The zero-order valence-electron chi connectivity index (χ0n) is 15.9. The maximum atomic E-state index is 9.35. The van der Waals surface area contributed by atoms with Gasteiger partial charge in [0.1, 0.15) is 11.5 Å². The van der Waals surface area contributed by atoms with Crippen molar-refractivity contribution in [3.63, 3.8) is 0 Å². The predicted octanol–water partition coefficient (Wildman–Crippen LogP) is 5.06. The number of hydrogen-bond donors (Lipinski definition) is 2. The molecule has 3 nitrogen and oxygen atoms in total. The summed E-state index contributed by atoms with van der Waals surface area (Å²) in [7, 11) is 0. The molecule has 2 N–H and O–H groups in total. The van der Waals surface area contributed by atoms with Crippen molar-refractivity contribution in [3.05, 3.63) is 59.7 Å². The summed E-state index contributed by atoms with van der Waals surface area (Å²) in [5.41, 5.74) is 2.46. The third-order valence-corrected chi connectivity index (χ3v) is 5.50. The summed E-state index contributed by atoms with van der Waals surface area (Å²) in [5, 5.41) is 12.9. The Balaban J connectivity index is 1.45. The van der Waals surface area contributed by atoms with Crippen molar-refractivity contribution in [2.75, 3.05) is 6.54 Å². The smallest absolute Gasteiger partial charge is 0.119 e. The Morgan fingerprint density at radius 1 is 1.15 bits per heavy atom. The van der Waals surface area contributed by atoms with E-state index in [1.54, 1.807) is 12.1 Å². The van der Waals surface area contributed by atoms with Crippen molar-refractivity contribution >= 4 is 0 Å². The third-order valence-electron chi connectivity index (χ3n) is 5.50. The molecule has 0 heterocycles. The SMILES string of the molecule is Cc1cccc(OC2CCCC(C(C)CNCc3ccc(O)cc3)C2)c1. The molecular weight excluding hydrogens is 322 g/mol. The highest BCUT2D eigenvalue weighted by atomic mass is 16.5. The quantitative estimate of drug-likeness (QED) is 0.731. The van der Waals surface area contributed by atoms with Gasteiger partial charge in [0.15, 0.2) is 0 Å². The number of rotatable bonds is 7. The molecule has 0 aromatic heterocycles. The van der Waals surface area contributed by atoms with Crippen LogP contribution in [-0.4, -0.2) is 17.8 Å². The Hall–Kier alpha value is -2.00. The van der Waals surface area contributed by atoms with Crippen molar-refractivity contribution in [1.82, 2.24) is 5.32 Å². The molecule has 0 amide bonds. The number of phenolic OH excluding ortho intramolecular Hbond substituents is 1. The Morgan fingerprint density at radius 2 is 1.96 bits per heavy atom. The molecular formula is C23H31NO2. The molecule has 1 aliphatic carbocycles. The van der Waals surface area contributed by atoms with E-state index in [0.717, 1.165) is 31.7 Å². The van der Waals surface area contributed by atoms with Crippen molar-refractivity contribution in [2.24, 2.45) is 11.8 Å². The monoisotopic (exact) mass is 353 g/mol. The lowest BCUT2D eigenvalue weighted by Crippen LogP contribution is -2.33. The number of benzene rings is 2. The average molecular weight is 354 g/mol. The molecule has 1 fully saturated rings. The van der Waals surface area contributed by atoms with Gasteiger partial charge in [-0.3, -0.25) is 0 Å². The number of phenols is 1. The number of ether oxygens (including phenoxy) is 1. The standard InChI is InChI=1S/C23H31NO2/c1-17-5-3-7-22(13-17)26-23-8-4-6-20(14-23)18(2)15-24-16-19-9-11-21(25)12-10-19/h3,5,7,9-13,18,20,23-25H,4,6,8,14-16H2,1-2H3. The predicted molar refractivity (Wildman–Crippen MR) is 107 cm³/mol. The van der Waals surface area contributed by atoms with E-state index >= 15 is 0 Å². The van der Waals surface area contributed by atoms with Crippen LogP contribution in [0.5, 0.6) is 11.5 Å². The maximum Gasteiger partial charge on any atom is 0.119 e. The van der Waals surface area contributed by atoms with Crippen LogP contribution >= 0.6 is 0 Å². The lowest BCUT2D eigenvalue weighted by molar-refractivity contribution is 0.102. The normalized spacial score (nSPS) is 21.3. The lowest BCUT2D eigenvalue weighted by atomic mass is 9.79. The summed E-state index contributed by atoms with van der Waals surface area (Å²) in [4.78, 5) is 0. The van der Waals surface area contributed by atoms with E-state index in [2.05, 4.69) is 43.4 Å². The van der Waals surface area contributed by atoms with Gasteiger partial charge in [-0.25, -0.2) is 0 Å². The molecule has 1 saturated carbocycles. The number of aryl methyl sites for hydroxylation is 1. The number of aromatic hydroxyl groups is 1. The highest BCUT2D eigenvalue weighted by Gasteiger charge is 2.27. The van der Waals surface area contributed by atoms with E-state index < -0.39 is 0 Å². The fourth-order valence-electron chi connectivity index (χ4n) is 3.91. The van der Waals surface area contributed by atoms with Crippen LogP contribution in [0.15, 0.2) is 48.5 Å². The third kappa shape index (κ3) is 5.50. The van der Waals surface area contributed by atoms with E-state index in [4.69, 9.17) is 4.74 Å². The van der Waals surface area contributed by atoms with Crippen molar-refractivity contribution < 1.29 is 9.84 Å². The van der Waals surface area contributed by atoms with Crippen LogP contribution in [0.25, 0.3) is 0 Å². The molecule has 1 aliphatic rings. The first-order chi connectivity index (χ1) is 12.6. The molecule has 2 aromatic carbocycles. The summed E-state index contributed by atoms with van der Waals surface area (Å²) >= 11 is 0. The minimum Gasteiger partial charge on any atom is -0.508 e. The van der Waals surface area contributed by atoms with Gasteiger partial charge in [-0.1, -0.05) is 31.2 Å². The van der Waals surface area contributed by atoms with Gasteiger partial charge in [0.05, 0.1) is 6.10 Å². The summed E-state index contributed by atoms with van der Waals surface area (Å²) in [6.07, 6.45) is 5.21. The Labute approximate surface area is 157 Å². The molecule has 0 bridgehead atoms. The number of nitrogens with one attached hydrogen (secondary N) is 1. The second kappa shape index (κ2) is 9.09. The molecule has 0 aliphatic heterocycles. The largest absolute Gasteiger partial charge is 0.508 e. The molecule has 140 valence electrons. The molecule has 0 spiro atoms. The van der Waals surface area contributed by atoms with Crippen LogP contribution in [-0.2, 0) is 6.54 Å². The summed E-state index contributed by atoms with van der Waals surface area (Å²) in [5.74, 6) is 2.68. The Kier molecular flexibility index (Phi) is 6.56. The topological polar surface area (TPSA) is 41.5 Å². The van der Waals surface area contributed by atoms with Crippen molar-refractivity contribution in [1.29, 1.82) is 0 Å². The summed E-state index contributed by atoms with van der Waals surface area (Å²) in [6.45, 7) is 6.32. The van der Waals surface area contributed by atoms with Gasteiger partial charge in [-0.2, -0.15) is 0 Å². The molecule has 3 unspecified atom stereocenters. The summed E-state index contributed by atoms with van der Waals surface area (Å²) < 4.78 is 6.26. The van der Waals surface area contributed by atoms with Gasteiger partial charge >= 0.3 is 0 Å². The molecule has 2 aromatic rings. The van der Waals surface area contributed by atoms with Crippen molar-refractivity contribution in [3.8, 4) is 11.5 Å². The highest BCUT2D eigenvalue weighted by Crippen LogP contribution is 2.32. The van der Waals surface area contributed by atoms with E-state index in [9.17, 15) is 5.11 Å². The van der Waals surface area contributed by atoms with Gasteiger partial charge in [0.2, 0.25) is 0 Å². The Morgan fingerprint density at radius 3 is 2.73 bits per heavy atom. The highest BCUT2D eigenvalue weighted by molar-refractivity contribution is 5.27. The van der Waals surface area contributed by atoms with E-state index in [-0.39, 0.29) is 0 Å². The van der Waals surface area contributed by atoms with E-state index in [0.29, 0.717) is 23.7 Å². The molecule has 3 rings (SSSR count). The van der Waals surface area contributed by atoms with Crippen LogP contribution < -0.4 is 10.1 Å². The zero-order chi connectivity index (χ0) is 18.4. The average Bonchev–Trinajstić information content (AvgIpc) is 2.63. The van der Waals surface area contributed by atoms with Gasteiger partial charge in [0, 0.05) is 6.54 Å². The minimum absolute atomic E-state index is 0.323. The first kappa shape index (κ1) is 18.8. The van der Waals surface area contributed by atoms with Crippen LogP contribution in [0.1, 0.15) is 43.7 Å². The molecule has 26 heavy (non-hydrogen) atoms. The van der Waals surface area contributed by atoms with Crippen LogP contribution in [0, 0.1) is 18.8 Å². The van der Waals surface area contributed by atoms with Crippen LogP contribution in [0.3, 0.4) is 0 Å². The van der Waals surface area contributed by atoms with Gasteiger partial charge < -0.3 is 15.2 Å². The molecule has 3 atom stereocenters. The van der Waals surface area contributed by atoms with E-state index in [1.165, 1.54) is 24.0 Å². The van der Waals surface area contributed by atoms with Crippen LogP contribution in [0.4, 0.5) is 0 Å². The fraction of sp³-hybridized carbons (Fsp3) is 0.478. The fourth-order valence-corrected chi connectivity index (χ4v) is 3.91. The first-order valence-electron chi connectivity index (χ1n) is 9.82. The van der Waals surface area contributed by atoms with Crippen LogP contribution in [0.2, 0.25) is 0 Å². The summed E-state index contributed by atoms with van der Waals surface area (Å²) in [6, 6.07) is 15.8. The molecule has 3 heteroatoms. The minimum atomic E-state index is 0.323. The molecule has 0 saturated heterocycles. The number of hydrogen-bond acceptors (Lipinski definition) is 3. The maximum absolute atomic E-state index is 9.35. The van der Waals surface area contributed by atoms with E-state index in [1.807, 2.05) is 12.1 Å². The van der Waals surface area contributed by atoms with Crippen molar-refractivity contribution in [2.45, 2.75) is 52.2 Å². The van der Waals surface area contributed by atoms with Gasteiger partial charge in [-0.15, -0.1) is 0 Å². The van der Waals surface area contributed by atoms with Gasteiger partial charge in [0.25, 0.3) is 0 Å².